The third-order valence-corrected chi connectivity index (χ3v) is 6.65. The number of benzene rings is 2. The molecule has 0 unspecified atom stereocenters. The molecular weight excluding hydrogens is 420 g/mol. The molecule has 1 fully saturated rings. The van der Waals surface area contributed by atoms with Crippen LogP contribution in [-0.4, -0.2) is 48.3 Å². The molecule has 0 bridgehead atoms. The quantitative estimate of drug-likeness (QED) is 0.486. The molecule has 1 heterocycles. The number of carbonyl (C=O) groups excluding carboxylic acids is 1. The van der Waals surface area contributed by atoms with E-state index in [1.165, 1.54) is 23.1 Å². The smallest absolute Gasteiger partial charge is 0.310 e. The maximum atomic E-state index is 12.9. The van der Waals surface area contributed by atoms with Crippen LogP contribution < -0.4 is 4.74 Å². The molecule has 154 valence electrons. The van der Waals surface area contributed by atoms with E-state index in [0.717, 1.165) is 5.56 Å². The molecule has 8 nitrogen and oxygen atoms in total. The van der Waals surface area contributed by atoms with Crippen molar-refractivity contribution in [3.8, 4) is 5.75 Å². The topological polar surface area (TPSA) is 107 Å². The number of rotatable bonds is 7. The monoisotopic (exact) mass is 438 g/mol. The zero-order chi connectivity index (χ0) is 21.0. The Morgan fingerprint density at radius 1 is 1.21 bits per heavy atom. The van der Waals surface area contributed by atoms with Crippen LogP contribution in [0.25, 0.3) is 0 Å². The van der Waals surface area contributed by atoms with Gasteiger partial charge < -0.3 is 9.64 Å². The molecule has 1 saturated heterocycles. The van der Waals surface area contributed by atoms with E-state index < -0.39 is 33.3 Å². The third-order valence-electron chi connectivity index (χ3n) is 4.65. The minimum atomic E-state index is -3.20. The van der Waals surface area contributed by atoms with Crippen LogP contribution in [0.3, 0.4) is 0 Å². The number of hydrogen-bond donors (Lipinski definition) is 0. The number of amides is 1. The molecule has 10 heteroatoms. The summed E-state index contributed by atoms with van der Waals surface area (Å²) in [4.78, 5) is 24.9. The summed E-state index contributed by atoms with van der Waals surface area (Å²) in [5, 5.41) is 11.7. The van der Waals surface area contributed by atoms with Gasteiger partial charge in [0.1, 0.15) is 0 Å². The van der Waals surface area contributed by atoms with Gasteiger partial charge in [-0.05, 0) is 30.2 Å². The molecule has 0 saturated carbocycles. The number of hydrogen-bond acceptors (Lipinski definition) is 6. The largest absolute Gasteiger partial charge is 0.477 e. The highest BCUT2D eigenvalue weighted by atomic mass is 35.5. The van der Waals surface area contributed by atoms with Crippen molar-refractivity contribution in [2.45, 2.75) is 19.0 Å². The summed E-state index contributed by atoms with van der Waals surface area (Å²) in [5.74, 6) is -0.554. The second-order valence-corrected chi connectivity index (χ2v) is 9.38. The highest BCUT2D eigenvalue weighted by molar-refractivity contribution is 7.91. The van der Waals surface area contributed by atoms with Crippen molar-refractivity contribution in [2.75, 3.05) is 18.1 Å². The third kappa shape index (κ3) is 5.45. The number of carbonyl (C=O) groups is 1. The number of sulfone groups is 1. The number of nitro groups is 1. The Labute approximate surface area is 173 Å². The van der Waals surface area contributed by atoms with Gasteiger partial charge in [0.2, 0.25) is 0 Å². The van der Waals surface area contributed by atoms with Crippen LogP contribution in [0.5, 0.6) is 5.75 Å². The first-order valence-corrected chi connectivity index (χ1v) is 11.1. The molecule has 2 aromatic rings. The molecule has 0 radical (unpaired) electrons. The molecule has 2 aromatic carbocycles. The van der Waals surface area contributed by atoms with E-state index in [-0.39, 0.29) is 29.5 Å². The molecule has 0 aliphatic carbocycles. The van der Waals surface area contributed by atoms with Crippen LogP contribution in [0.2, 0.25) is 5.02 Å². The lowest BCUT2D eigenvalue weighted by Gasteiger charge is -2.28. The zero-order valence-corrected chi connectivity index (χ0v) is 16.9. The van der Waals surface area contributed by atoms with Crippen LogP contribution in [0.1, 0.15) is 12.0 Å². The first kappa shape index (κ1) is 21.1. The summed E-state index contributed by atoms with van der Waals surface area (Å²) >= 11 is 5.90. The fourth-order valence-corrected chi connectivity index (χ4v) is 5.04. The number of nitro benzene ring substituents is 1. The second kappa shape index (κ2) is 8.79. The highest BCUT2D eigenvalue weighted by Crippen LogP contribution is 2.26. The molecule has 0 aromatic heterocycles. The average Bonchev–Trinajstić information content (AvgIpc) is 3.05. The van der Waals surface area contributed by atoms with Gasteiger partial charge in [0.25, 0.3) is 5.91 Å². The zero-order valence-electron chi connectivity index (χ0n) is 15.4. The number of halogens is 1. The van der Waals surface area contributed by atoms with E-state index in [9.17, 15) is 23.3 Å². The molecule has 3 rings (SSSR count). The predicted octanol–water partition coefficient (Wildman–Crippen LogP) is 2.84. The van der Waals surface area contributed by atoms with Crippen molar-refractivity contribution in [3.63, 3.8) is 0 Å². The van der Waals surface area contributed by atoms with E-state index in [1.807, 2.05) is 0 Å². The Bertz CT molecular complexity index is 1010. The van der Waals surface area contributed by atoms with Crippen LogP contribution >= 0.6 is 11.6 Å². The Hall–Kier alpha value is -2.65. The summed E-state index contributed by atoms with van der Waals surface area (Å²) in [6.07, 6.45) is 0.340. The van der Waals surface area contributed by atoms with Crippen molar-refractivity contribution in [1.82, 2.24) is 4.90 Å². The lowest BCUT2D eigenvalue weighted by Crippen LogP contribution is -2.43. The Balaban J connectivity index is 1.77. The van der Waals surface area contributed by atoms with Crippen LogP contribution in [0.4, 0.5) is 5.69 Å². The van der Waals surface area contributed by atoms with Gasteiger partial charge in [0, 0.05) is 23.7 Å². The van der Waals surface area contributed by atoms with Crippen molar-refractivity contribution in [1.29, 1.82) is 0 Å². The van der Waals surface area contributed by atoms with Crippen molar-refractivity contribution in [3.05, 3.63) is 69.2 Å². The summed E-state index contributed by atoms with van der Waals surface area (Å²) in [6, 6.07) is 12.2. The summed E-state index contributed by atoms with van der Waals surface area (Å²) in [5.41, 5.74) is 0.547. The van der Waals surface area contributed by atoms with Crippen LogP contribution in [-0.2, 0) is 21.2 Å². The molecule has 0 N–H and O–H groups in total. The van der Waals surface area contributed by atoms with Gasteiger partial charge in [-0.1, -0.05) is 35.9 Å². The van der Waals surface area contributed by atoms with Crippen molar-refractivity contribution < 1.29 is 22.9 Å². The maximum absolute atomic E-state index is 12.9. The summed E-state index contributed by atoms with van der Waals surface area (Å²) in [6.45, 7) is -0.245. The van der Waals surface area contributed by atoms with Crippen LogP contribution in [0.15, 0.2) is 48.5 Å². The number of nitrogens with zero attached hydrogens (tertiary/aromatic N) is 2. The van der Waals surface area contributed by atoms with E-state index in [4.69, 9.17) is 16.3 Å². The lowest BCUT2D eigenvalue weighted by atomic mass is 10.1. The Morgan fingerprint density at radius 2 is 1.90 bits per heavy atom. The summed E-state index contributed by atoms with van der Waals surface area (Å²) in [7, 11) is -3.20. The number of ether oxygens (including phenoxy) is 1. The van der Waals surface area contributed by atoms with Gasteiger partial charge in [-0.25, -0.2) is 8.42 Å². The molecule has 0 spiro atoms. The highest BCUT2D eigenvalue weighted by Gasteiger charge is 2.35. The first-order chi connectivity index (χ1) is 13.7. The molecule has 1 atom stereocenters. The summed E-state index contributed by atoms with van der Waals surface area (Å²) < 4.78 is 29.2. The molecule has 1 aliphatic rings. The normalized spacial score (nSPS) is 17.6. The van der Waals surface area contributed by atoms with Gasteiger partial charge in [-0.15, -0.1) is 0 Å². The Morgan fingerprint density at radius 3 is 2.52 bits per heavy atom. The van der Waals surface area contributed by atoms with Crippen molar-refractivity contribution >= 4 is 33.0 Å². The van der Waals surface area contributed by atoms with E-state index in [1.54, 1.807) is 30.3 Å². The predicted molar refractivity (Wildman–Crippen MR) is 108 cm³/mol. The van der Waals surface area contributed by atoms with Gasteiger partial charge in [0.15, 0.2) is 22.2 Å². The fourth-order valence-electron chi connectivity index (χ4n) is 3.18. The van der Waals surface area contributed by atoms with E-state index in [0.29, 0.717) is 11.4 Å². The minimum Gasteiger partial charge on any atom is -0.477 e. The lowest BCUT2D eigenvalue weighted by molar-refractivity contribution is -0.385. The molecule has 29 heavy (non-hydrogen) atoms. The molecule has 1 aliphatic heterocycles. The average molecular weight is 439 g/mol. The van der Waals surface area contributed by atoms with E-state index >= 15 is 0 Å². The second-order valence-electron chi connectivity index (χ2n) is 6.72. The van der Waals surface area contributed by atoms with Gasteiger partial charge in [-0.3, -0.25) is 14.9 Å². The molecular formula is C19H19ClN2O6S. The van der Waals surface area contributed by atoms with Gasteiger partial charge in [0.05, 0.1) is 16.4 Å². The minimum absolute atomic E-state index is 0.0173. The standard InChI is InChI=1S/C19H19ClN2O6S/c20-15-7-5-14(6-8-15)11-21(16-9-10-29(26,27)13-16)19(23)12-28-18-4-2-1-3-17(18)22(24)25/h1-8,16H,9-13H2/t16-/m1/s1. The number of para-hydroxylation sites is 2. The fraction of sp³-hybridized carbons (Fsp3) is 0.316. The van der Waals surface area contributed by atoms with Gasteiger partial charge in [-0.2, -0.15) is 0 Å². The van der Waals surface area contributed by atoms with Gasteiger partial charge >= 0.3 is 5.69 Å². The SMILES string of the molecule is O=C(COc1ccccc1[N+](=O)[O-])N(Cc1ccc(Cl)cc1)[C@@H]1CCS(=O)(=O)C1. The first-order valence-electron chi connectivity index (χ1n) is 8.86. The Kier molecular flexibility index (Phi) is 6.39. The molecule has 1 amide bonds. The van der Waals surface area contributed by atoms with Crippen molar-refractivity contribution in [2.24, 2.45) is 0 Å². The maximum Gasteiger partial charge on any atom is 0.310 e. The van der Waals surface area contributed by atoms with Crippen LogP contribution in [0, 0.1) is 10.1 Å². The van der Waals surface area contributed by atoms with E-state index in [2.05, 4.69) is 0 Å².